The summed E-state index contributed by atoms with van der Waals surface area (Å²) in [4.78, 5) is 0. The summed E-state index contributed by atoms with van der Waals surface area (Å²) in [5, 5.41) is 4.74. The topological polar surface area (TPSA) is 25.2 Å². The fourth-order valence-corrected chi connectivity index (χ4v) is 2.53. The largest absolute Gasteiger partial charge is 0.459 e. The molecular formula is C17H15ClFNO. The van der Waals surface area contributed by atoms with Gasteiger partial charge in [0.15, 0.2) is 0 Å². The Morgan fingerprint density at radius 3 is 2.62 bits per heavy atom. The van der Waals surface area contributed by atoms with E-state index in [4.69, 9.17) is 16.0 Å². The van der Waals surface area contributed by atoms with Gasteiger partial charge in [-0.1, -0.05) is 23.7 Å². The van der Waals surface area contributed by atoms with Crippen LogP contribution in [0, 0.1) is 5.82 Å². The molecule has 3 rings (SSSR count). The number of hydrogen-bond donors (Lipinski definition) is 1. The van der Waals surface area contributed by atoms with Gasteiger partial charge in [0.05, 0.1) is 6.04 Å². The minimum Gasteiger partial charge on any atom is -0.459 e. The van der Waals surface area contributed by atoms with E-state index in [0.717, 1.165) is 28.2 Å². The summed E-state index contributed by atoms with van der Waals surface area (Å²) in [6, 6.07) is 14.2. The van der Waals surface area contributed by atoms with E-state index in [1.807, 2.05) is 37.4 Å². The summed E-state index contributed by atoms with van der Waals surface area (Å²) < 4.78 is 19.1. The lowest BCUT2D eigenvalue weighted by Crippen LogP contribution is -2.18. The van der Waals surface area contributed by atoms with Gasteiger partial charge in [-0.2, -0.15) is 0 Å². The monoisotopic (exact) mass is 303 g/mol. The standard InChI is InChI=1S/C17H15ClFNO/c1-20-15(8-11-2-4-13(18)5-3-11)17-10-12-9-14(19)6-7-16(12)21-17/h2-7,9-10,15,20H,8H2,1H3. The number of likely N-dealkylation sites (N-methyl/N-ethyl adjacent to an activating group) is 1. The number of furan rings is 1. The molecule has 1 unspecified atom stereocenters. The Hall–Kier alpha value is -1.84. The van der Waals surface area contributed by atoms with Gasteiger partial charge in [-0.05, 0) is 55.4 Å². The molecule has 21 heavy (non-hydrogen) atoms. The predicted molar refractivity (Wildman–Crippen MR) is 83.1 cm³/mol. The minimum atomic E-state index is -0.256. The molecule has 3 aromatic rings. The van der Waals surface area contributed by atoms with E-state index in [2.05, 4.69) is 5.32 Å². The summed E-state index contributed by atoms with van der Waals surface area (Å²) >= 11 is 5.90. The van der Waals surface area contributed by atoms with Crippen molar-refractivity contribution in [2.24, 2.45) is 0 Å². The average Bonchev–Trinajstić information content (AvgIpc) is 2.89. The van der Waals surface area contributed by atoms with Crippen molar-refractivity contribution in [2.45, 2.75) is 12.5 Å². The van der Waals surface area contributed by atoms with Crippen LogP contribution in [0.15, 0.2) is 52.9 Å². The van der Waals surface area contributed by atoms with Crippen LogP contribution in [0.25, 0.3) is 11.0 Å². The molecule has 0 amide bonds. The first-order valence-electron chi connectivity index (χ1n) is 6.76. The lowest BCUT2D eigenvalue weighted by molar-refractivity contribution is 0.451. The van der Waals surface area contributed by atoms with Crippen molar-refractivity contribution in [3.63, 3.8) is 0 Å². The summed E-state index contributed by atoms with van der Waals surface area (Å²) in [6.45, 7) is 0. The van der Waals surface area contributed by atoms with E-state index >= 15 is 0 Å². The molecule has 0 saturated carbocycles. The van der Waals surface area contributed by atoms with Crippen LogP contribution in [-0.2, 0) is 6.42 Å². The third kappa shape index (κ3) is 3.09. The summed E-state index contributed by atoms with van der Waals surface area (Å²) in [5.74, 6) is 0.543. The second-order valence-corrected chi connectivity index (χ2v) is 5.44. The van der Waals surface area contributed by atoms with Crippen molar-refractivity contribution in [3.05, 3.63) is 70.7 Å². The Bertz CT molecular complexity index is 751. The number of benzene rings is 2. The van der Waals surface area contributed by atoms with Gasteiger partial charge in [-0.15, -0.1) is 0 Å². The van der Waals surface area contributed by atoms with Crippen molar-refractivity contribution in [1.82, 2.24) is 5.32 Å². The molecule has 1 heterocycles. The Morgan fingerprint density at radius 1 is 1.14 bits per heavy atom. The van der Waals surface area contributed by atoms with Crippen LogP contribution in [0.1, 0.15) is 17.4 Å². The van der Waals surface area contributed by atoms with Crippen LogP contribution in [0.4, 0.5) is 4.39 Å². The van der Waals surface area contributed by atoms with Gasteiger partial charge >= 0.3 is 0 Å². The molecule has 0 bridgehead atoms. The highest BCUT2D eigenvalue weighted by molar-refractivity contribution is 6.30. The molecule has 0 aliphatic carbocycles. The molecule has 1 atom stereocenters. The van der Waals surface area contributed by atoms with Crippen molar-refractivity contribution in [3.8, 4) is 0 Å². The number of halogens is 2. The molecule has 0 fully saturated rings. The van der Waals surface area contributed by atoms with Gasteiger partial charge in [0, 0.05) is 10.4 Å². The van der Waals surface area contributed by atoms with Crippen molar-refractivity contribution in [2.75, 3.05) is 7.05 Å². The zero-order valence-electron chi connectivity index (χ0n) is 11.6. The first-order chi connectivity index (χ1) is 10.2. The SMILES string of the molecule is CNC(Cc1ccc(Cl)cc1)c1cc2cc(F)ccc2o1. The Morgan fingerprint density at radius 2 is 1.90 bits per heavy atom. The molecule has 0 saturated heterocycles. The van der Waals surface area contributed by atoms with Gasteiger partial charge in [0.1, 0.15) is 17.2 Å². The Kier molecular flexibility index (Phi) is 3.95. The van der Waals surface area contributed by atoms with Crippen LogP contribution < -0.4 is 5.32 Å². The van der Waals surface area contributed by atoms with E-state index in [1.165, 1.54) is 12.1 Å². The van der Waals surface area contributed by atoms with Crippen molar-refractivity contribution >= 4 is 22.6 Å². The van der Waals surface area contributed by atoms with Crippen molar-refractivity contribution in [1.29, 1.82) is 0 Å². The third-order valence-electron chi connectivity index (χ3n) is 3.54. The van der Waals surface area contributed by atoms with Crippen LogP contribution in [0.2, 0.25) is 5.02 Å². The van der Waals surface area contributed by atoms with Crippen LogP contribution >= 0.6 is 11.6 Å². The van der Waals surface area contributed by atoms with Gasteiger partial charge in [-0.25, -0.2) is 4.39 Å². The van der Waals surface area contributed by atoms with Crippen molar-refractivity contribution < 1.29 is 8.81 Å². The molecule has 2 aromatic carbocycles. The van der Waals surface area contributed by atoms with E-state index in [9.17, 15) is 4.39 Å². The second kappa shape index (κ2) is 5.88. The highest BCUT2D eigenvalue weighted by Gasteiger charge is 2.15. The fourth-order valence-electron chi connectivity index (χ4n) is 2.41. The second-order valence-electron chi connectivity index (χ2n) is 5.00. The molecule has 0 radical (unpaired) electrons. The van der Waals surface area contributed by atoms with Gasteiger partial charge in [0.25, 0.3) is 0 Å². The number of hydrogen-bond acceptors (Lipinski definition) is 2. The fraction of sp³-hybridized carbons (Fsp3) is 0.176. The van der Waals surface area contributed by atoms with E-state index in [-0.39, 0.29) is 11.9 Å². The van der Waals surface area contributed by atoms with E-state index in [1.54, 1.807) is 6.07 Å². The smallest absolute Gasteiger partial charge is 0.134 e. The normalized spacial score (nSPS) is 12.7. The van der Waals surface area contributed by atoms with Crippen LogP contribution in [-0.4, -0.2) is 7.05 Å². The Balaban J connectivity index is 1.88. The highest BCUT2D eigenvalue weighted by atomic mass is 35.5. The zero-order chi connectivity index (χ0) is 14.8. The first-order valence-corrected chi connectivity index (χ1v) is 7.14. The van der Waals surface area contributed by atoms with Gasteiger partial charge in [0.2, 0.25) is 0 Å². The molecule has 108 valence electrons. The number of rotatable bonds is 4. The molecule has 0 aliphatic heterocycles. The molecule has 1 aromatic heterocycles. The summed E-state index contributed by atoms with van der Waals surface area (Å²) in [7, 11) is 1.88. The van der Waals surface area contributed by atoms with Crippen LogP contribution in [0.5, 0.6) is 0 Å². The highest BCUT2D eigenvalue weighted by Crippen LogP contribution is 2.27. The van der Waals surface area contributed by atoms with Gasteiger partial charge in [-0.3, -0.25) is 0 Å². The average molecular weight is 304 g/mol. The minimum absolute atomic E-state index is 0.0293. The third-order valence-corrected chi connectivity index (χ3v) is 3.79. The zero-order valence-corrected chi connectivity index (χ0v) is 12.3. The predicted octanol–water partition coefficient (Wildman–Crippen LogP) is 4.73. The molecular weight excluding hydrogens is 289 g/mol. The maximum Gasteiger partial charge on any atom is 0.134 e. The quantitative estimate of drug-likeness (QED) is 0.754. The summed E-state index contributed by atoms with van der Waals surface area (Å²) in [6.07, 6.45) is 0.774. The maximum absolute atomic E-state index is 13.2. The van der Waals surface area contributed by atoms with Crippen LogP contribution in [0.3, 0.4) is 0 Å². The first kappa shape index (κ1) is 14.1. The maximum atomic E-state index is 13.2. The lowest BCUT2D eigenvalue weighted by atomic mass is 10.0. The van der Waals surface area contributed by atoms with Gasteiger partial charge < -0.3 is 9.73 Å². The van der Waals surface area contributed by atoms with E-state index in [0.29, 0.717) is 5.58 Å². The molecule has 0 aliphatic rings. The molecule has 0 spiro atoms. The Labute approximate surface area is 127 Å². The van der Waals surface area contributed by atoms with E-state index < -0.39 is 0 Å². The molecule has 1 N–H and O–H groups in total. The lowest BCUT2D eigenvalue weighted by Gasteiger charge is -2.13. The number of nitrogens with one attached hydrogen (secondary N) is 1. The number of fused-ring (bicyclic) bond motifs is 1. The molecule has 2 nitrogen and oxygen atoms in total. The molecule has 4 heteroatoms. The summed E-state index contributed by atoms with van der Waals surface area (Å²) in [5.41, 5.74) is 1.85.